The number of likely N-dealkylation sites (tertiary alicyclic amines) is 2. The molecular formula is C15H22N2O4. The molecule has 0 bridgehead atoms. The zero-order valence-corrected chi connectivity index (χ0v) is 12.3. The van der Waals surface area contributed by atoms with Crippen LogP contribution in [0.15, 0.2) is 0 Å². The van der Waals surface area contributed by atoms with Crippen molar-refractivity contribution >= 4 is 17.8 Å². The van der Waals surface area contributed by atoms with Crippen LogP contribution < -0.4 is 0 Å². The quantitative estimate of drug-likeness (QED) is 0.807. The molecule has 2 amide bonds. The molecular weight excluding hydrogens is 272 g/mol. The van der Waals surface area contributed by atoms with Gasteiger partial charge in [0.2, 0.25) is 11.8 Å². The van der Waals surface area contributed by atoms with Gasteiger partial charge in [-0.05, 0) is 31.1 Å². The highest BCUT2D eigenvalue weighted by molar-refractivity contribution is 5.90. The molecule has 116 valence electrons. The van der Waals surface area contributed by atoms with Crippen LogP contribution in [-0.4, -0.2) is 58.9 Å². The first-order chi connectivity index (χ1) is 9.99. The Balaban J connectivity index is 1.74. The lowest BCUT2D eigenvalue weighted by Gasteiger charge is -2.32. The Hall–Kier alpha value is -1.59. The van der Waals surface area contributed by atoms with Gasteiger partial charge in [0, 0.05) is 32.5 Å². The smallest absolute Gasteiger partial charge is 0.326 e. The molecule has 3 fully saturated rings. The molecule has 2 heterocycles. The van der Waals surface area contributed by atoms with Crippen LogP contribution in [0.4, 0.5) is 0 Å². The van der Waals surface area contributed by atoms with Gasteiger partial charge in [-0.1, -0.05) is 6.42 Å². The normalized spacial score (nSPS) is 36.0. The first kappa shape index (κ1) is 14.4. The number of carboxylic acids is 1. The maximum Gasteiger partial charge on any atom is 0.326 e. The maximum absolute atomic E-state index is 12.7. The third-order valence-electron chi connectivity index (χ3n) is 5.44. The van der Waals surface area contributed by atoms with Gasteiger partial charge in [0.15, 0.2) is 0 Å². The van der Waals surface area contributed by atoms with Crippen LogP contribution in [-0.2, 0) is 14.4 Å². The Bertz CT molecular complexity index is 478. The van der Waals surface area contributed by atoms with E-state index in [1.165, 1.54) is 0 Å². The third kappa shape index (κ3) is 2.40. The highest BCUT2D eigenvalue weighted by atomic mass is 16.4. The summed E-state index contributed by atoms with van der Waals surface area (Å²) in [5.74, 6) is -0.944. The SMILES string of the molecule is CN1CCC(C(=O)N2CC3CCCC3C2C(=O)O)CC1=O. The minimum Gasteiger partial charge on any atom is -0.480 e. The topological polar surface area (TPSA) is 77.9 Å². The number of carboxylic acid groups (broad SMARTS) is 1. The molecule has 6 nitrogen and oxygen atoms in total. The molecule has 4 atom stereocenters. The Morgan fingerprint density at radius 2 is 2.00 bits per heavy atom. The lowest BCUT2D eigenvalue weighted by molar-refractivity contribution is -0.153. The van der Waals surface area contributed by atoms with Gasteiger partial charge in [-0.3, -0.25) is 9.59 Å². The van der Waals surface area contributed by atoms with E-state index in [0.717, 1.165) is 19.3 Å². The Morgan fingerprint density at radius 3 is 2.67 bits per heavy atom. The molecule has 3 rings (SSSR count). The maximum atomic E-state index is 12.7. The fraction of sp³-hybridized carbons (Fsp3) is 0.800. The number of nitrogens with zero attached hydrogens (tertiary/aromatic N) is 2. The van der Waals surface area contributed by atoms with E-state index in [1.54, 1.807) is 16.8 Å². The van der Waals surface area contributed by atoms with E-state index in [1.807, 2.05) is 0 Å². The predicted octanol–water partition coefficient (Wildman–Crippen LogP) is 0.566. The largest absolute Gasteiger partial charge is 0.480 e. The van der Waals surface area contributed by atoms with E-state index in [4.69, 9.17) is 0 Å². The highest BCUT2D eigenvalue weighted by Crippen LogP contribution is 2.43. The van der Waals surface area contributed by atoms with E-state index in [2.05, 4.69) is 0 Å². The van der Waals surface area contributed by atoms with Crippen molar-refractivity contribution in [2.75, 3.05) is 20.1 Å². The van der Waals surface area contributed by atoms with Crippen LogP contribution in [0.5, 0.6) is 0 Å². The summed E-state index contributed by atoms with van der Waals surface area (Å²) in [4.78, 5) is 39.2. The number of hydrogen-bond donors (Lipinski definition) is 1. The van der Waals surface area contributed by atoms with Crippen LogP contribution in [0.1, 0.15) is 32.1 Å². The molecule has 1 aliphatic carbocycles. The van der Waals surface area contributed by atoms with Crippen molar-refractivity contribution in [1.29, 1.82) is 0 Å². The molecule has 2 aliphatic heterocycles. The van der Waals surface area contributed by atoms with Gasteiger partial charge in [0.25, 0.3) is 0 Å². The van der Waals surface area contributed by atoms with Crippen LogP contribution in [0.25, 0.3) is 0 Å². The number of rotatable bonds is 2. The van der Waals surface area contributed by atoms with Gasteiger partial charge in [0.05, 0.1) is 0 Å². The molecule has 3 aliphatic rings. The average Bonchev–Trinajstić information content (AvgIpc) is 3.00. The summed E-state index contributed by atoms with van der Waals surface area (Å²) in [6.07, 6.45) is 3.84. The van der Waals surface area contributed by atoms with Crippen LogP contribution in [0.3, 0.4) is 0 Å². The molecule has 4 unspecified atom stereocenters. The third-order valence-corrected chi connectivity index (χ3v) is 5.44. The van der Waals surface area contributed by atoms with Crippen molar-refractivity contribution in [3.05, 3.63) is 0 Å². The van der Waals surface area contributed by atoms with Crippen molar-refractivity contribution in [3.8, 4) is 0 Å². The Morgan fingerprint density at radius 1 is 1.24 bits per heavy atom. The minimum atomic E-state index is -0.892. The van der Waals surface area contributed by atoms with Crippen molar-refractivity contribution in [2.45, 2.75) is 38.1 Å². The second kappa shape index (κ2) is 5.31. The van der Waals surface area contributed by atoms with Crippen LogP contribution in [0, 0.1) is 17.8 Å². The molecule has 2 saturated heterocycles. The Kier molecular flexibility index (Phi) is 3.63. The lowest BCUT2D eigenvalue weighted by Crippen LogP contribution is -2.48. The zero-order chi connectivity index (χ0) is 15.1. The summed E-state index contributed by atoms with van der Waals surface area (Å²) in [5, 5.41) is 9.50. The van der Waals surface area contributed by atoms with Gasteiger partial charge in [-0.25, -0.2) is 4.79 Å². The zero-order valence-electron chi connectivity index (χ0n) is 12.3. The second-order valence-corrected chi connectivity index (χ2v) is 6.63. The monoisotopic (exact) mass is 294 g/mol. The van der Waals surface area contributed by atoms with Gasteiger partial charge in [-0.15, -0.1) is 0 Å². The molecule has 0 aromatic rings. The summed E-state index contributed by atoms with van der Waals surface area (Å²) < 4.78 is 0. The molecule has 6 heteroatoms. The first-order valence-electron chi connectivity index (χ1n) is 7.76. The standard InChI is InChI=1S/C15H22N2O4/c1-16-6-5-9(7-12(16)18)14(19)17-8-10-3-2-4-11(10)13(17)15(20)21/h9-11,13H,2-8H2,1H3,(H,20,21). The van der Waals surface area contributed by atoms with E-state index in [0.29, 0.717) is 25.4 Å². The molecule has 0 aromatic carbocycles. The first-order valence-corrected chi connectivity index (χ1v) is 7.76. The van der Waals surface area contributed by atoms with Crippen molar-refractivity contribution < 1.29 is 19.5 Å². The summed E-state index contributed by atoms with van der Waals surface area (Å²) in [6, 6.07) is -0.681. The summed E-state index contributed by atoms with van der Waals surface area (Å²) in [5.41, 5.74) is 0. The van der Waals surface area contributed by atoms with Crippen LogP contribution in [0.2, 0.25) is 0 Å². The van der Waals surface area contributed by atoms with Crippen molar-refractivity contribution in [2.24, 2.45) is 17.8 Å². The van der Waals surface area contributed by atoms with Gasteiger partial charge < -0.3 is 14.9 Å². The van der Waals surface area contributed by atoms with E-state index in [9.17, 15) is 19.5 Å². The molecule has 1 saturated carbocycles. The molecule has 0 aromatic heterocycles. The summed E-state index contributed by atoms with van der Waals surface area (Å²) in [7, 11) is 1.74. The minimum absolute atomic E-state index is 0.0223. The Labute approximate surface area is 124 Å². The van der Waals surface area contributed by atoms with Crippen LogP contribution >= 0.6 is 0 Å². The van der Waals surface area contributed by atoms with Crippen molar-refractivity contribution in [1.82, 2.24) is 9.80 Å². The van der Waals surface area contributed by atoms with Gasteiger partial charge >= 0.3 is 5.97 Å². The fourth-order valence-corrected chi connectivity index (χ4v) is 4.24. The number of carbonyl (C=O) groups is 3. The second-order valence-electron chi connectivity index (χ2n) is 6.63. The predicted molar refractivity (Wildman–Crippen MR) is 74.3 cm³/mol. The number of carbonyl (C=O) groups excluding carboxylic acids is 2. The molecule has 0 radical (unpaired) electrons. The highest BCUT2D eigenvalue weighted by Gasteiger charge is 2.50. The molecule has 1 N–H and O–H groups in total. The van der Waals surface area contributed by atoms with Gasteiger partial charge in [0.1, 0.15) is 6.04 Å². The fourth-order valence-electron chi connectivity index (χ4n) is 4.24. The number of amides is 2. The number of hydrogen-bond acceptors (Lipinski definition) is 3. The van der Waals surface area contributed by atoms with E-state index >= 15 is 0 Å². The average molecular weight is 294 g/mol. The summed E-state index contributed by atoms with van der Waals surface area (Å²) in [6.45, 7) is 1.13. The van der Waals surface area contributed by atoms with Crippen molar-refractivity contribution in [3.63, 3.8) is 0 Å². The molecule has 21 heavy (non-hydrogen) atoms. The number of piperidine rings is 1. The lowest BCUT2D eigenvalue weighted by atomic mass is 9.93. The summed E-state index contributed by atoms with van der Waals surface area (Å²) >= 11 is 0. The van der Waals surface area contributed by atoms with E-state index < -0.39 is 12.0 Å². The van der Waals surface area contributed by atoms with Gasteiger partial charge in [-0.2, -0.15) is 0 Å². The van der Waals surface area contributed by atoms with E-state index in [-0.39, 0.29) is 30.1 Å². The number of aliphatic carboxylic acids is 1. The molecule has 0 spiro atoms. The number of fused-ring (bicyclic) bond motifs is 1.